The average molecular weight is 371 g/mol. The highest BCUT2D eigenvalue weighted by molar-refractivity contribution is 7.80. The molecule has 6 heteroatoms. The maximum atomic E-state index is 5.90. The first-order valence-corrected chi connectivity index (χ1v) is 9.82. The summed E-state index contributed by atoms with van der Waals surface area (Å²) >= 11 is 5.73. The highest BCUT2D eigenvalue weighted by Gasteiger charge is 2.42. The van der Waals surface area contributed by atoms with Gasteiger partial charge in [0, 0.05) is 37.3 Å². The summed E-state index contributed by atoms with van der Waals surface area (Å²) in [5, 5.41) is 4.31. The fourth-order valence-electron chi connectivity index (χ4n) is 4.06. The van der Waals surface area contributed by atoms with E-state index in [-0.39, 0.29) is 18.2 Å². The van der Waals surface area contributed by atoms with E-state index in [1.807, 2.05) is 18.3 Å². The van der Waals surface area contributed by atoms with E-state index in [4.69, 9.17) is 17.0 Å². The van der Waals surface area contributed by atoms with Gasteiger partial charge in [0.15, 0.2) is 5.11 Å². The van der Waals surface area contributed by atoms with Gasteiger partial charge in [-0.2, -0.15) is 0 Å². The van der Waals surface area contributed by atoms with Gasteiger partial charge in [-0.25, -0.2) is 0 Å². The van der Waals surface area contributed by atoms with Crippen LogP contribution in [0.3, 0.4) is 0 Å². The van der Waals surface area contributed by atoms with Crippen LogP contribution < -0.4 is 5.32 Å². The van der Waals surface area contributed by atoms with Gasteiger partial charge in [-0.1, -0.05) is 6.07 Å². The summed E-state index contributed by atoms with van der Waals surface area (Å²) in [5.41, 5.74) is 2.28. The molecule has 0 aromatic carbocycles. The zero-order valence-electron chi connectivity index (χ0n) is 15.3. The van der Waals surface area contributed by atoms with Gasteiger partial charge in [0.1, 0.15) is 0 Å². The van der Waals surface area contributed by atoms with Crippen LogP contribution in [0.2, 0.25) is 0 Å². The number of rotatable bonds is 5. The second kappa shape index (κ2) is 7.37. The topological polar surface area (TPSA) is 42.3 Å². The van der Waals surface area contributed by atoms with Crippen molar-refractivity contribution >= 4 is 17.3 Å². The predicted octanol–water partition coefficient (Wildman–Crippen LogP) is 3.62. The predicted molar refractivity (Wildman–Crippen MR) is 106 cm³/mol. The van der Waals surface area contributed by atoms with Crippen molar-refractivity contribution < 1.29 is 4.74 Å². The number of thiocarbonyl (C=S) groups is 1. The van der Waals surface area contributed by atoms with Gasteiger partial charge in [0.05, 0.1) is 23.9 Å². The lowest BCUT2D eigenvalue weighted by Crippen LogP contribution is -2.37. The third-order valence-corrected chi connectivity index (χ3v) is 5.65. The SMILES string of the molecule is CC(C)n1cccc1[C@H]1[C@H](c2ccccn2)NC(=S)N1C[C@@H]1CCCO1. The van der Waals surface area contributed by atoms with Gasteiger partial charge in [-0.15, -0.1) is 0 Å². The molecule has 26 heavy (non-hydrogen) atoms. The lowest BCUT2D eigenvalue weighted by molar-refractivity contribution is 0.0833. The Hall–Kier alpha value is -1.92. The molecule has 4 heterocycles. The van der Waals surface area contributed by atoms with Crippen molar-refractivity contribution in [3.05, 3.63) is 54.1 Å². The molecule has 0 saturated carbocycles. The van der Waals surface area contributed by atoms with Crippen LogP contribution in [-0.4, -0.2) is 38.8 Å². The first-order chi connectivity index (χ1) is 12.6. The Bertz CT molecular complexity index is 754. The fraction of sp³-hybridized carbons (Fsp3) is 0.500. The van der Waals surface area contributed by atoms with E-state index in [0.29, 0.717) is 6.04 Å². The summed E-state index contributed by atoms with van der Waals surface area (Å²) in [7, 11) is 0. The first kappa shape index (κ1) is 17.5. The summed E-state index contributed by atoms with van der Waals surface area (Å²) in [4.78, 5) is 6.91. The minimum atomic E-state index is 0.0394. The Kier molecular flexibility index (Phi) is 4.96. The molecule has 5 nitrogen and oxygen atoms in total. The van der Waals surface area contributed by atoms with E-state index in [1.54, 1.807) is 0 Å². The number of pyridine rings is 1. The lowest BCUT2D eigenvalue weighted by Gasteiger charge is -2.31. The molecule has 0 aliphatic carbocycles. The van der Waals surface area contributed by atoms with Gasteiger partial charge >= 0.3 is 0 Å². The van der Waals surface area contributed by atoms with E-state index in [1.165, 1.54) is 5.69 Å². The average Bonchev–Trinajstić information content (AvgIpc) is 3.37. The summed E-state index contributed by atoms with van der Waals surface area (Å²) in [6.07, 6.45) is 6.49. The number of aromatic nitrogens is 2. The quantitative estimate of drug-likeness (QED) is 0.815. The standard InChI is InChI=1S/C20H26N4OS/c1-14(2)23-11-5-9-17(23)19-18(16-8-3-4-10-21-16)22-20(26)24(19)13-15-7-6-12-25-15/h3-5,8-11,14-15,18-19H,6-7,12-13H2,1-2H3,(H,22,26)/t15-,18-,19-/m0/s1. The van der Waals surface area contributed by atoms with Crippen LogP contribution in [0, 0.1) is 0 Å². The largest absolute Gasteiger partial charge is 0.376 e. The number of ether oxygens (including phenoxy) is 1. The zero-order chi connectivity index (χ0) is 18.1. The molecule has 0 spiro atoms. The minimum Gasteiger partial charge on any atom is -0.376 e. The molecule has 0 radical (unpaired) electrons. The highest BCUT2D eigenvalue weighted by atomic mass is 32.1. The Labute approximate surface area is 160 Å². The number of hydrogen-bond donors (Lipinski definition) is 1. The molecule has 0 amide bonds. The zero-order valence-corrected chi connectivity index (χ0v) is 16.2. The molecule has 2 aliphatic heterocycles. The van der Waals surface area contributed by atoms with Crippen molar-refractivity contribution in [2.75, 3.05) is 13.2 Å². The van der Waals surface area contributed by atoms with E-state index in [0.717, 1.165) is 36.8 Å². The van der Waals surface area contributed by atoms with Gasteiger partial charge in [0.25, 0.3) is 0 Å². The molecular formula is C20H26N4OS. The maximum Gasteiger partial charge on any atom is 0.170 e. The Morgan fingerprint density at radius 2 is 2.19 bits per heavy atom. The second-order valence-electron chi connectivity index (χ2n) is 7.35. The van der Waals surface area contributed by atoms with E-state index in [9.17, 15) is 0 Å². The third-order valence-electron chi connectivity index (χ3n) is 5.29. The van der Waals surface area contributed by atoms with Crippen LogP contribution in [0.25, 0.3) is 0 Å². The van der Waals surface area contributed by atoms with Crippen LogP contribution in [0.4, 0.5) is 0 Å². The molecule has 1 N–H and O–H groups in total. The normalized spacial score (nSPS) is 25.9. The van der Waals surface area contributed by atoms with Crippen LogP contribution in [-0.2, 0) is 4.74 Å². The van der Waals surface area contributed by atoms with Crippen molar-refractivity contribution in [2.24, 2.45) is 0 Å². The van der Waals surface area contributed by atoms with Crippen LogP contribution in [0.15, 0.2) is 42.7 Å². The van der Waals surface area contributed by atoms with Crippen molar-refractivity contribution in [1.29, 1.82) is 0 Å². The molecule has 138 valence electrons. The third kappa shape index (κ3) is 3.23. The Morgan fingerprint density at radius 3 is 2.88 bits per heavy atom. The fourth-order valence-corrected chi connectivity index (χ4v) is 4.37. The summed E-state index contributed by atoms with van der Waals surface area (Å²) in [6.45, 7) is 6.10. The van der Waals surface area contributed by atoms with E-state index >= 15 is 0 Å². The van der Waals surface area contributed by atoms with E-state index < -0.39 is 0 Å². The smallest absolute Gasteiger partial charge is 0.170 e. The van der Waals surface area contributed by atoms with Crippen LogP contribution in [0.5, 0.6) is 0 Å². The van der Waals surface area contributed by atoms with Crippen molar-refractivity contribution in [1.82, 2.24) is 19.8 Å². The van der Waals surface area contributed by atoms with Gasteiger partial charge in [-0.3, -0.25) is 4.98 Å². The van der Waals surface area contributed by atoms with Crippen molar-refractivity contribution in [3.63, 3.8) is 0 Å². The summed E-state index contributed by atoms with van der Waals surface area (Å²) < 4.78 is 8.23. The van der Waals surface area contributed by atoms with Gasteiger partial charge in [-0.05, 0) is 63.2 Å². The first-order valence-electron chi connectivity index (χ1n) is 9.41. The lowest BCUT2D eigenvalue weighted by atomic mass is 10.0. The molecule has 2 aromatic rings. The van der Waals surface area contributed by atoms with E-state index in [2.05, 4.69) is 58.0 Å². The van der Waals surface area contributed by atoms with Crippen LogP contribution >= 0.6 is 12.2 Å². The van der Waals surface area contributed by atoms with Crippen molar-refractivity contribution in [2.45, 2.75) is 50.9 Å². The Balaban J connectivity index is 1.72. The number of nitrogens with one attached hydrogen (secondary N) is 1. The molecule has 0 bridgehead atoms. The summed E-state index contributed by atoms with van der Waals surface area (Å²) in [6, 6.07) is 10.9. The van der Waals surface area contributed by atoms with Gasteiger partial charge in [0.2, 0.25) is 0 Å². The molecule has 2 aromatic heterocycles. The molecule has 4 rings (SSSR count). The maximum absolute atomic E-state index is 5.90. The monoisotopic (exact) mass is 370 g/mol. The number of hydrogen-bond acceptors (Lipinski definition) is 3. The summed E-state index contributed by atoms with van der Waals surface area (Å²) in [5.74, 6) is 0. The second-order valence-corrected chi connectivity index (χ2v) is 7.73. The van der Waals surface area contributed by atoms with Crippen LogP contribution in [0.1, 0.15) is 56.2 Å². The minimum absolute atomic E-state index is 0.0394. The molecule has 2 saturated heterocycles. The molecule has 3 atom stereocenters. The molecule has 2 fully saturated rings. The highest BCUT2D eigenvalue weighted by Crippen LogP contribution is 2.40. The van der Waals surface area contributed by atoms with Crippen molar-refractivity contribution in [3.8, 4) is 0 Å². The molecule has 0 unspecified atom stereocenters. The van der Waals surface area contributed by atoms with Gasteiger partial charge < -0.3 is 19.5 Å². The number of nitrogens with zero attached hydrogens (tertiary/aromatic N) is 3. The Morgan fingerprint density at radius 1 is 1.31 bits per heavy atom. The molecule has 2 aliphatic rings. The molecular weight excluding hydrogens is 344 g/mol.